The van der Waals surface area contributed by atoms with Crippen molar-refractivity contribution in [2.75, 3.05) is 33.9 Å². The first-order chi connectivity index (χ1) is 13.6. The SMILES string of the molecule is COc1cc(CNC[C@H](c2ccccc2)N2CCCC2)c([N+](=O)[O-])cc1OC. The monoisotopic (exact) mass is 385 g/mol. The molecule has 150 valence electrons. The predicted octanol–water partition coefficient (Wildman–Crippen LogP) is 3.54. The van der Waals surface area contributed by atoms with E-state index in [1.165, 1.54) is 38.7 Å². The Morgan fingerprint density at radius 2 is 1.75 bits per heavy atom. The maximum absolute atomic E-state index is 11.5. The summed E-state index contributed by atoms with van der Waals surface area (Å²) in [6.07, 6.45) is 2.43. The van der Waals surface area contributed by atoms with Crippen LogP contribution in [-0.2, 0) is 6.54 Å². The van der Waals surface area contributed by atoms with Crippen LogP contribution in [0.15, 0.2) is 42.5 Å². The molecule has 0 amide bonds. The van der Waals surface area contributed by atoms with Crippen LogP contribution in [0.4, 0.5) is 5.69 Å². The van der Waals surface area contributed by atoms with Gasteiger partial charge in [-0.1, -0.05) is 30.3 Å². The van der Waals surface area contributed by atoms with Crippen LogP contribution in [0.2, 0.25) is 0 Å². The minimum Gasteiger partial charge on any atom is -0.493 e. The fourth-order valence-corrected chi connectivity index (χ4v) is 3.75. The summed E-state index contributed by atoms with van der Waals surface area (Å²) in [5.74, 6) is 0.848. The van der Waals surface area contributed by atoms with E-state index in [9.17, 15) is 10.1 Å². The molecular formula is C21H27N3O4. The zero-order valence-electron chi connectivity index (χ0n) is 16.4. The Morgan fingerprint density at radius 1 is 1.11 bits per heavy atom. The summed E-state index contributed by atoms with van der Waals surface area (Å²) in [6.45, 7) is 3.26. The Bertz CT molecular complexity index is 792. The number of rotatable bonds is 9. The van der Waals surface area contributed by atoms with Crippen LogP contribution in [0.5, 0.6) is 11.5 Å². The topological polar surface area (TPSA) is 76.9 Å². The van der Waals surface area contributed by atoms with E-state index < -0.39 is 0 Å². The van der Waals surface area contributed by atoms with Gasteiger partial charge >= 0.3 is 0 Å². The maximum Gasteiger partial charge on any atom is 0.277 e. The van der Waals surface area contributed by atoms with Crippen LogP contribution in [-0.4, -0.2) is 43.7 Å². The molecule has 0 unspecified atom stereocenters. The summed E-state index contributed by atoms with van der Waals surface area (Å²) in [5.41, 5.74) is 1.87. The summed E-state index contributed by atoms with van der Waals surface area (Å²) < 4.78 is 10.5. The molecule has 0 spiro atoms. The number of nitro groups is 1. The van der Waals surface area contributed by atoms with Gasteiger partial charge in [-0.25, -0.2) is 0 Å². The van der Waals surface area contributed by atoms with Gasteiger partial charge in [-0.2, -0.15) is 0 Å². The van der Waals surface area contributed by atoms with Crippen LogP contribution in [0.25, 0.3) is 0 Å². The van der Waals surface area contributed by atoms with Crippen LogP contribution < -0.4 is 14.8 Å². The Balaban J connectivity index is 1.75. The molecule has 7 heteroatoms. The molecule has 1 saturated heterocycles. The average molecular weight is 385 g/mol. The van der Waals surface area contributed by atoms with Crippen LogP contribution >= 0.6 is 0 Å². The summed E-state index contributed by atoms with van der Waals surface area (Å²) in [4.78, 5) is 13.6. The smallest absolute Gasteiger partial charge is 0.277 e. The van der Waals surface area contributed by atoms with E-state index >= 15 is 0 Å². The maximum atomic E-state index is 11.5. The third kappa shape index (κ3) is 4.61. The Kier molecular flexibility index (Phi) is 6.84. The fraction of sp³-hybridized carbons (Fsp3) is 0.429. The molecule has 1 N–H and O–H groups in total. The lowest BCUT2D eigenvalue weighted by Gasteiger charge is -2.28. The highest BCUT2D eigenvalue weighted by Crippen LogP contribution is 2.34. The highest BCUT2D eigenvalue weighted by Gasteiger charge is 2.24. The molecular weight excluding hydrogens is 358 g/mol. The number of likely N-dealkylation sites (tertiary alicyclic amines) is 1. The molecule has 1 atom stereocenters. The van der Waals surface area contributed by atoms with Gasteiger partial charge in [-0.05, 0) is 37.6 Å². The number of methoxy groups -OCH3 is 2. The summed E-state index contributed by atoms with van der Waals surface area (Å²) in [5, 5.41) is 14.9. The van der Waals surface area contributed by atoms with Crippen molar-refractivity contribution in [3.05, 3.63) is 63.7 Å². The molecule has 1 fully saturated rings. The first kappa shape index (κ1) is 20.1. The third-order valence-corrected chi connectivity index (χ3v) is 5.20. The molecule has 2 aromatic rings. The van der Waals surface area contributed by atoms with Crippen molar-refractivity contribution >= 4 is 5.69 Å². The molecule has 1 aliphatic rings. The fourth-order valence-electron chi connectivity index (χ4n) is 3.75. The lowest BCUT2D eigenvalue weighted by Crippen LogP contribution is -2.34. The molecule has 0 aromatic heterocycles. The second kappa shape index (κ2) is 9.52. The lowest BCUT2D eigenvalue weighted by atomic mass is 10.1. The molecule has 1 heterocycles. The van der Waals surface area contributed by atoms with Crippen LogP contribution in [0, 0.1) is 10.1 Å². The molecule has 28 heavy (non-hydrogen) atoms. The molecule has 3 rings (SSSR count). The number of nitrogens with zero attached hydrogens (tertiary/aromatic N) is 2. The molecule has 7 nitrogen and oxygen atoms in total. The summed E-state index contributed by atoms with van der Waals surface area (Å²) in [7, 11) is 3.00. The zero-order valence-corrected chi connectivity index (χ0v) is 16.4. The van der Waals surface area contributed by atoms with Crippen LogP contribution in [0.3, 0.4) is 0 Å². The second-order valence-corrected chi connectivity index (χ2v) is 6.89. The number of nitro benzene ring substituents is 1. The quantitative estimate of drug-likeness (QED) is 0.526. The minimum absolute atomic E-state index is 0.0302. The first-order valence-corrected chi connectivity index (χ1v) is 9.53. The molecule has 0 radical (unpaired) electrons. The van der Waals surface area contributed by atoms with Crippen LogP contribution in [0.1, 0.15) is 30.0 Å². The number of hydrogen-bond donors (Lipinski definition) is 1. The van der Waals surface area contributed by atoms with E-state index in [4.69, 9.17) is 9.47 Å². The van der Waals surface area contributed by atoms with E-state index in [0.717, 1.165) is 19.6 Å². The highest BCUT2D eigenvalue weighted by molar-refractivity contribution is 5.54. The normalized spacial score (nSPS) is 15.4. The van der Waals surface area contributed by atoms with Crippen molar-refractivity contribution in [1.82, 2.24) is 10.2 Å². The van der Waals surface area contributed by atoms with Gasteiger partial charge < -0.3 is 14.8 Å². The Labute approximate surface area is 165 Å². The predicted molar refractivity (Wildman–Crippen MR) is 108 cm³/mol. The van der Waals surface area contributed by atoms with Crippen molar-refractivity contribution in [3.63, 3.8) is 0 Å². The van der Waals surface area contributed by atoms with Gasteiger partial charge in [0.2, 0.25) is 0 Å². The van der Waals surface area contributed by atoms with Crippen molar-refractivity contribution < 1.29 is 14.4 Å². The van der Waals surface area contributed by atoms with E-state index in [0.29, 0.717) is 23.6 Å². The number of ether oxygens (including phenoxy) is 2. The molecule has 2 aromatic carbocycles. The number of benzene rings is 2. The van der Waals surface area contributed by atoms with Crippen molar-refractivity contribution in [1.29, 1.82) is 0 Å². The van der Waals surface area contributed by atoms with Gasteiger partial charge in [0.15, 0.2) is 11.5 Å². The lowest BCUT2D eigenvalue weighted by molar-refractivity contribution is -0.385. The van der Waals surface area contributed by atoms with Crippen molar-refractivity contribution in [2.45, 2.75) is 25.4 Å². The van der Waals surface area contributed by atoms with E-state index in [1.54, 1.807) is 6.07 Å². The Morgan fingerprint density at radius 3 is 2.36 bits per heavy atom. The Hall–Kier alpha value is -2.64. The van der Waals surface area contributed by atoms with E-state index in [-0.39, 0.29) is 16.7 Å². The summed E-state index contributed by atoms with van der Waals surface area (Å²) in [6, 6.07) is 13.8. The first-order valence-electron chi connectivity index (χ1n) is 9.53. The van der Waals surface area contributed by atoms with E-state index in [2.05, 4.69) is 34.5 Å². The van der Waals surface area contributed by atoms with Gasteiger partial charge in [0, 0.05) is 24.7 Å². The van der Waals surface area contributed by atoms with Gasteiger partial charge in [0.25, 0.3) is 5.69 Å². The number of hydrogen-bond acceptors (Lipinski definition) is 6. The molecule has 0 saturated carbocycles. The van der Waals surface area contributed by atoms with Gasteiger partial charge in [0.05, 0.1) is 25.2 Å². The van der Waals surface area contributed by atoms with Crippen molar-refractivity contribution in [2.24, 2.45) is 0 Å². The van der Waals surface area contributed by atoms with Gasteiger partial charge in [0.1, 0.15) is 0 Å². The summed E-state index contributed by atoms with van der Waals surface area (Å²) >= 11 is 0. The third-order valence-electron chi connectivity index (χ3n) is 5.20. The number of nitrogens with one attached hydrogen (secondary N) is 1. The van der Waals surface area contributed by atoms with Gasteiger partial charge in [-0.3, -0.25) is 15.0 Å². The highest BCUT2D eigenvalue weighted by atomic mass is 16.6. The largest absolute Gasteiger partial charge is 0.493 e. The molecule has 0 aliphatic carbocycles. The van der Waals surface area contributed by atoms with E-state index in [1.807, 2.05) is 6.07 Å². The minimum atomic E-state index is -0.381. The second-order valence-electron chi connectivity index (χ2n) is 6.89. The van der Waals surface area contributed by atoms with Crippen molar-refractivity contribution in [3.8, 4) is 11.5 Å². The standard InChI is InChI=1S/C21H27N3O4/c1-27-20-12-17(18(24(25)26)13-21(20)28-2)14-22-15-19(23-10-6-7-11-23)16-8-4-3-5-9-16/h3-5,8-9,12-13,19,22H,6-7,10-11,14-15H2,1-2H3/t19-/m1/s1. The average Bonchev–Trinajstić information content (AvgIpc) is 3.25. The molecule has 0 bridgehead atoms. The van der Waals surface area contributed by atoms with Gasteiger partial charge in [-0.15, -0.1) is 0 Å². The molecule has 1 aliphatic heterocycles. The zero-order chi connectivity index (χ0) is 19.9.